The van der Waals surface area contributed by atoms with Gasteiger partial charge in [0.15, 0.2) is 5.96 Å². The lowest BCUT2D eigenvalue weighted by Gasteiger charge is -2.31. The van der Waals surface area contributed by atoms with Gasteiger partial charge in [-0.3, -0.25) is 4.99 Å². The average molecular weight is 307 g/mol. The molecule has 122 valence electrons. The van der Waals surface area contributed by atoms with Crippen molar-refractivity contribution in [3.63, 3.8) is 0 Å². The maximum atomic E-state index is 12.7. The minimum absolute atomic E-state index is 0.246. The first-order chi connectivity index (χ1) is 10.6. The van der Waals surface area contributed by atoms with E-state index in [1.54, 1.807) is 12.1 Å². The summed E-state index contributed by atoms with van der Waals surface area (Å²) in [5.41, 5.74) is 6.04. The van der Waals surface area contributed by atoms with Crippen LogP contribution >= 0.6 is 0 Å². The van der Waals surface area contributed by atoms with Gasteiger partial charge in [-0.1, -0.05) is 6.92 Å². The van der Waals surface area contributed by atoms with Gasteiger partial charge in [0.05, 0.1) is 6.61 Å². The molecule has 1 unspecified atom stereocenters. The van der Waals surface area contributed by atoms with Gasteiger partial charge in [-0.15, -0.1) is 0 Å². The van der Waals surface area contributed by atoms with E-state index in [4.69, 9.17) is 10.5 Å². The van der Waals surface area contributed by atoms with E-state index in [0.29, 0.717) is 24.2 Å². The van der Waals surface area contributed by atoms with Gasteiger partial charge in [0.1, 0.15) is 11.6 Å². The monoisotopic (exact) mass is 307 g/mol. The fraction of sp³-hybridized carbons (Fsp3) is 0.588. The molecule has 22 heavy (non-hydrogen) atoms. The number of rotatable bonds is 6. The standard InChI is InChI=1S/C17H26FN3O/c1-14-5-4-11-21(13-14)17(19)20-10-2-3-12-22-16-8-6-15(18)7-9-16/h6-9,14H,2-5,10-13H2,1H3,(H2,19,20). The highest BCUT2D eigenvalue weighted by molar-refractivity contribution is 5.78. The fourth-order valence-electron chi connectivity index (χ4n) is 2.63. The molecule has 0 aliphatic carbocycles. The average Bonchev–Trinajstić information content (AvgIpc) is 2.52. The van der Waals surface area contributed by atoms with Gasteiger partial charge in [-0.05, 0) is 55.9 Å². The minimum atomic E-state index is -0.246. The van der Waals surface area contributed by atoms with Gasteiger partial charge in [-0.25, -0.2) is 4.39 Å². The third-order valence-electron chi connectivity index (χ3n) is 3.89. The number of nitrogens with two attached hydrogens (primary N) is 1. The summed E-state index contributed by atoms with van der Waals surface area (Å²) in [7, 11) is 0. The lowest BCUT2D eigenvalue weighted by Crippen LogP contribution is -2.43. The second-order valence-corrected chi connectivity index (χ2v) is 5.94. The van der Waals surface area contributed by atoms with Crippen molar-refractivity contribution in [2.75, 3.05) is 26.2 Å². The zero-order valence-corrected chi connectivity index (χ0v) is 13.3. The predicted octanol–water partition coefficient (Wildman–Crippen LogP) is 3.03. The predicted molar refractivity (Wildman–Crippen MR) is 87.6 cm³/mol. The molecule has 1 heterocycles. The molecular formula is C17H26FN3O. The minimum Gasteiger partial charge on any atom is -0.494 e. The molecule has 4 nitrogen and oxygen atoms in total. The van der Waals surface area contributed by atoms with Gasteiger partial charge in [0.25, 0.3) is 0 Å². The summed E-state index contributed by atoms with van der Waals surface area (Å²) in [6.07, 6.45) is 4.32. The topological polar surface area (TPSA) is 50.8 Å². The van der Waals surface area contributed by atoms with E-state index in [2.05, 4.69) is 16.8 Å². The first-order valence-electron chi connectivity index (χ1n) is 8.08. The molecular weight excluding hydrogens is 281 g/mol. The van der Waals surface area contributed by atoms with Crippen LogP contribution in [0.4, 0.5) is 4.39 Å². The van der Waals surface area contributed by atoms with Gasteiger partial charge in [-0.2, -0.15) is 0 Å². The Kier molecular flexibility index (Phi) is 6.49. The van der Waals surface area contributed by atoms with E-state index in [1.165, 1.54) is 25.0 Å². The molecule has 2 rings (SSSR count). The van der Waals surface area contributed by atoms with Crippen molar-refractivity contribution in [1.82, 2.24) is 4.90 Å². The highest BCUT2D eigenvalue weighted by atomic mass is 19.1. The lowest BCUT2D eigenvalue weighted by molar-refractivity contribution is 0.270. The molecule has 1 fully saturated rings. The largest absolute Gasteiger partial charge is 0.494 e. The molecule has 1 atom stereocenters. The van der Waals surface area contributed by atoms with Crippen LogP contribution in [0.5, 0.6) is 5.75 Å². The molecule has 0 saturated carbocycles. The van der Waals surface area contributed by atoms with Gasteiger partial charge < -0.3 is 15.4 Å². The van der Waals surface area contributed by atoms with E-state index < -0.39 is 0 Å². The Balaban J connectivity index is 1.60. The van der Waals surface area contributed by atoms with E-state index in [-0.39, 0.29) is 5.82 Å². The maximum absolute atomic E-state index is 12.7. The number of piperidine rings is 1. The van der Waals surface area contributed by atoms with Crippen LogP contribution in [-0.4, -0.2) is 37.1 Å². The van der Waals surface area contributed by atoms with Crippen LogP contribution in [0.2, 0.25) is 0 Å². The number of nitrogens with zero attached hydrogens (tertiary/aromatic N) is 2. The summed E-state index contributed by atoms with van der Waals surface area (Å²) in [6.45, 7) is 5.63. The number of unbranched alkanes of at least 4 members (excludes halogenated alkanes) is 1. The van der Waals surface area contributed by atoms with Gasteiger partial charge in [0, 0.05) is 19.6 Å². The van der Waals surface area contributed by atoms with E-state index in [9.17, 15) is 4.39 Å². The van der Waals surface area contributed by atoms with Crippen molar-refractivity contribution >= 4 is 5.96 Å². The number of benzene rings is 1. The van der Waals surface area contributed by atoms with Crippen LogP contribution in [-0.2, 0) is 0 Å². The van der Waals surface area contributed by atoms with Crippen LogP contribution in [0.25, 0.3) is 0 Å². The Hall–Kier alpha value is -1.78. The van der Waals surface area contributed by atoms with E-state index in [1.807, 2.05) is 0 Å². The summed E-state index contributed by atoms with van der Waals surface area (Å²) in [6, 6.07) is 6.09. The first-order valence-corrected chi connectivity index (χ1v) is 8.08. The zero-order chi connectivity index (χ0) is 15.8. The van der Waals surface area contributed by atoms with E-state index in [0.717, 1.165) is 32.5 Å². The van der Waals surface area contributed by atoms with Crippen LogP contribution < -0.4 is 10.5 Å². The van der Waals surface area contributed by atoms with E-state index >= 15 is 0 Å². The third-order valence-corrected chi connectivity index (χ3v) is 3.89. The molecule has 5 heteroatoms. The smallest absolute Gasteiger partial charge is 0.191 e. The molecule has 0 amide bonds. The fourth-order valence-corrected chi connectivity index (χ4v) is 2.63. The molecule has 0 spiro atoms. The highest BCUT2D eigenvalue weighted by Gasteiger charge is 2.17. The Morgan fingerprint density at radius 2 is 2.14 bits per heavy atom. The van der Waals surface area contributed by atoms with Crippen molar-refractivity contribution in [3.05, 3.63) is 30.1 Å². The number of halogens is 1. The number of likely N-dealkylation sites (tertiary alicyclic amines) is 1. The maximum Gasteiger partial charge on any atom is 0.191 e. The second kappa shape index (κ2) is 8.61. The number of hydrogen-bond acceptors (Lipinski definition) is 2. The third kappa shape index (κ3) is 5.54. The Morgan fingerprint density at radius 1 is 1.36 bits per heavy atom. The summed E-state index contributed by atoms with van der Waals surface area (Å²) in [5, 5.41) is 0. The van der Waals surface area contributed by atoms with Gasteiger partial charge in [0.2, 0.25) is 0 Å². The molecule has 1 aliphatic rings. The second-order valence-electron chi connectivity index (χ2n) is 5.94. The quantitative estimate of drug-likeness (QED) is 0.499. The number of hydrogen-bond donors (Lipinski definition) is 1. The Bertz CT molecular complexity index is 475. The summed E-state index contributed by atoms with van der Waals surface area (Å²) < 4.78 is 18.3. The molecule has 0 aromatic heterocycles. The van der Waals surface area contributed by atoms with Crippen LogP contribution in [0, 0.1) is 11.7 Å². The molecule has 2 N–H and O–H groups in total. The Morgan fingerprint density at radius 3 is 2.86 bits per heavy atom. The van der Waals surface area contributed by atoms with Crippen molar-refractivity contribution in [1.29, 1.82) is 0 Å². The van der Waals surface area contributed by atoms with Crippen LogP contribution in [0.1, 0.15) is 32.6 Å². The number of aliphatic imine (C=N–C) groups is 1. The Labute approximate surface area is 132 Å². The van der Waals surface area contributed by atoms with Crippen molar-refractivity contribution in [3.8, 4) is 5.75 Å². The normalized spacial score (nSPS) is 19.3. The summed E-state index contributed by atoms with van der Waals surface area (Å²) in [4.78, 5) is 6.64. The first kappa shape index (κ1) is 16.6. The number of guanidine groups is 1. The zero-order valence-electron chi connectivity index (χ0n) is 13.3. The van der Waals surface area contributed by atoms with Crippen molar-refractivity contribution in [2.24, 2.45) is 16.6 Å². The lowest BCUT2D eigenvalue weighted by atomic mass is 10.0. The van der Waals surface area contributed by atoms with Crippen molar-refractivity contribution < 1.29 is 9.13 Å². The van der Waals surface area contributed by atoms with Crippen LogP contribution in [0.15, 0.2) is 29.3 Å². The molecule has 0 radical (unpaired) electrons. The SMILES string of the molecule is CC1CCCN(C(N)=NCCCCOc2ccc(F)cc2)C1. The summed E-state index contributed by atoms with van der Waals surface area (Å²) >= 11 is 0. The molecule has 1 aliphatic heterocycles. The van der Waals surface area contributed by atoms with Crippen molar-refractivity contribution in [2.45, 2.75) is 32.6 Å². The molecule has 1 saturated heterocycles. The highest BCUT2D eigenvalue weighted by Crippen LogP contribution is 2.15. The van der Waals surface area contributed by atoms with Crippen LogP contribution in [0.3, 0.4) is 0 Å². The molecule has 1 aromatic carbocycles. The summed E-state index contributed by atoms with van der Waals surface area (Å²) in [5.74, 6) is 1.83. The van der Waals surface area contributed by atoms with Gasteiger partial charge >= 0.3 is 0 Å². The molecule has 1 aromatic rings. The number of ether oxygens (including phenoxy) is 1. The molecule has 0 bridgehead atoms.